The molecular formula is C21H35IN6OS. The number of likely N-dealkylation sites (N-methyl/N-ethyl adjacent to an activating group) is 1. The lowest BCUT2D eigenvalue weighted by molar-refractivity contribution is 0.281. The van der Waals surface area contributed by atoms with Gasteiger partial charge >= 0.3 is 0 Å². The quantitative estimate of drug-likeness (QED) is 0.213. The van der Waals surface area contributed by atoms with E-state index < -0.39 is 0 Å². The lowest BCUT2D eigenvalue weighted by Gasteiger charge is -2.22. The summed E-state index contributed by atoms with van der Waals surface area (Å²) in [5.41, 5.74) is 2.43. The van der Waals surface area contributed by atoms with Crippen molar-refractivity contribution in [2.24, 2.45) is 12.0 Å². The van der Waals surface area contributed by atoms with Crippen molar-refractivity contribution in [2.45, 2.75) is 33.7 Å². The van der Waals surface area contributed by atoms with Crippen LogP contribution in [0.4, 0.5) is 0 Å². The summed E-state index contributed by atoms with van der Waals surface area (Å²) < 4.78 is 7.93. The van der Waals surface area contributed by atoms with Crippen molar-refractivity contribution in [3.05, 3.63) is 41.0 Å². The van der Waals surface area contributed by atoms with Crippen molar-refractivity contribution in [3.8, 4) is 5.75 Å². The minimum absolute atomic E-state index is 0. The van der Waals surface area contributed by atoms with Gasteiger partial charge in [-0.3, -0.25) is 0 Å². The van der Waals surface area contributed by atoms with Gasteiger partial charge < -0.3 is 19.5 Å². The first-order valence-electron chi connectivity index (χ1n) is 9.95. The van der Waals surface area contributed by atoms with E-state index in [1.807, 2.05) is 37.3 Å². The van der Waals surface area contributed by atoms with E-state index in [9.17, 15) is 0 Å². The van der Waals surface area contributed by atoms with Crippen LogP contribution >= 0.6 is 35.7 Å². The second kappa shape index (κ2) is 13.7. The maximum atomic E-state index is 5.96. The number of guanidine groups is 1. The molecule has 0 saturated carbocycles. The van der Waals surface area contributed by atoms with Gasteiger partial charge in [-0.15, -0.1) is 34.2 Å². The summed E-state index contributed by atoms with van der Waals surface area (Å²) in [5, 5.41) is 11.8. The van der Waals surface area contributed by atoms with Crippen molar-refractivity contribution in [2.75, 3.05) is 38.8 Å². The minimum atomic E-state index is 0. The summed E-state index contributed by atoms with van der Waals surface area (Å²) >= 11 is 1.86. The first-order chi connectivity index (χ1) is 13.9. The number of aryl methyl sites for hydroxylation is 3. The Morgan fingerprint density at radius 2 is 1.90 bits per heavy atom. The lowest BCUT2D eigenvalue weighted by Crippen LogP contribution is -2.41. The van der Waals surface area contributed by atoms with E-state index in [1.54, 1.807) is 0 Å². The molecule has 0 aliphatic rings. The van der Waals surface area contributed by atoms with Crippen molar-refractivity contribution in [1.29, 1.82) is 0 Å². The third-order valence-corrected chi connectivity index (χ3v) is 5.31. The Bertz CT molecular complexity index is 791. The van der Waals surface area contributed by atoms with Gasteiger partial charge in [0.25, 0.3) is 0 Å². The zero-order valence-electron chi connectivity index (χ0n) is 18.9. The van der Waals surface area contributed by atoms with Crippen LogP contribution in [0.3, 0.4) is 0 Å². The highest BCUT2D eigenvalue weighted by Crippen LogP contribution is 2.16. The largest absolute Gasteiger partial charge is 0.492 e. The van der Waals surface area contributed by atoms with Crippen LogP contribution in [0.2, 0.25) is 0 Å². The van der Waals surface area contributed by atoms with Crippen molar-refractivity contribution >= 4 is 41.7 Å². The van der Waals surface area contributed by atoms with Crippen LogP contribution in [-0.4, -0.2) is 64.4 Å². The molecule has 2 rings (SSSR count). The van der Waals surface area contributed by atoms with Crippen LogP contribution in [0.5, 0.6) is 5.75 Å². The predicted octanol–water partition coefficient (Wildman–Crippen LogP) is 3.57. The van der Waals surface area contributed by atoms with Gasteiger partial charge in [0, 0.05) is 20.6 Å². The first-order valence-corrected chi connectivity index (χ1v) is 11.3. The molecule has 0 unspecified atom stereocenters. The predicted molar refractivity (Wildman–Crippen MR) is 137 cm³/mol. The molecule has 1 aromatic heterocycles. The van der Waals surface area contributed by atoms with Gasteiger partial charge in [-0.1, -0.05) is 6.07 Å². The van der Waals surface area contributed by atoms with E-state index in [1.165, 1.54) is 11.1 Å². The molecule has 0 saturated heterocycles. The summed E-state index contributed by atoms with van der Waals surface area (Å²) in [5.74, 6) is 4.64. The molecule has 0 fully saturated rings. The summed E-state index contributed by atoms with van der Waals surface area (Å²) in [7, 11) is 4.00. The molecule has 0 aliphatic carbocycles. The molecule has 0 bridgehead atoms. The number of nitrogens with zero attached hydrogens (tertiary/aromatic N) is 5. The van der Waals surface area contributed by atoms with Crippen molar-refractivity contribution in [3.63, 3.8) is 0 Å². The van der Waals surface area contributed by atoms with Gasteiger partial charge in [0.2, 0.25) is 0 Å². The van der Waals surface area contributed by atoms with Crippen LogP contribution in [0.25, 0.3) is 0 Å². The Hall–Kier alpha value is -1.49. The Kier molecular flexibility index (Phi) is 12.2. The fourth-order valence-electron chi connectivity index (χ4n) is 2.89. The second-order valence-corrected chi connectivity index (χ2v) is 8.21. The summed E-state index contributed by atoms with van der Waals surface area (Å²) in [6, 6.07) is 6.29. The molecule has 1 heterocycles. The molecule has 2 aromatic rings. The Morgan fingerprint density at radius 3 is 2.50 bits per heavy atom. The maximum Gasteiger partial charge on any atom is 0.194 e. The highest BCUT2D eigenvalue weighted by molar-refractivity contribution is 14.0. The average molecular weight is 547 g/mol. The smallest absolute Gasteiger partial charge is 0.194 e. The molecule has 7 nitrogen and oxygen atoms in total. The molecular weight excluding hydrogens is 511 g/mol. The third-order valence-electron chi connectivity index (χ3n) is 4.61. The van der Waals surface area contributed by atoms with Crippen LogP contribution < -0.4 is 10.1 Å². The van der Waals surface area contributed by atoms with Crippen LogP contribution in [-0.2, 0) is 13.6 Å². The molecule has 1 N–H and O–H groups in total. The fraction of sp³-hybridized carbons (Fsp3) is 0.571. The zero-order valence-corrected chi connectivity index (χ0v) is 22.1. The number of hydrogen-bond donors (Lipinski definition) is 1. The number of aromatic nitrogens is 3. The van der Waals surface area contributed by atoms with E-state index in [4.69, 9.17) is 9.73 Å². The van der Waals surface area contributed by atoms with Gasteiger partial charge in [-0.25, -0.2) is 4.99 Å². The number of thioether (sulfide) groups is 1. The average Bonchev–Trinajstić information content (AvgIpc) is 2.98. The number of halogens is 1. The van der Waals surface area contributed by atoms with Crippen molar-refractivity contribution in [1.82, 2.24) is 25.0 Å². The Balaban J connectivity index is 0.00000450. The topological polar surface area (TPSA) is 67.6 Å². The van der Waals surface area contributed by atoms with E-state index in [-0.39, 0.29) is 24.0 Å². The summed E-state index contributed by atoms with van der Waals surface area (Å²) in [4.78, 5) is 6.87. The second-order valence-electron chi connectivity index (χ2n) is 7.23. The SMILES string of the molecule is CSCCCNC(=NCc1nnc(C)n1C)N(C)CCOc1cc(C)cc(C)c1.I. The van der Waals surface area contributed by atoms with Gasteiger partial charge in [0.1, 0.15) is 24.7 Å². The molecule has 0 aliphatic heterocycles. The van der Waals surface area contributed by atoms with Gasteiger partial charge in [-0.05, 0) is 62.5 Å². The number of hydrogen-bond acceptors (Lipinski definition) is 5. The van der Waals surface area contributed by atoms with Gasteiger partial charge in [-0.2, -0.15) is 11.8 Å². The maximum absolute atomic E-state index is 5.96. The number of aliphatic imine (C=N–C) groups is 1. The monoisotopic (exact) mass is 546 g/mol. The molecule has 168 valence electrons. The molecule has 1 aromatic carbocycles. The van der Waals surface area contributed by atoms with E-state index in [2.05, 4.69) is 58.7 Å². The summed E-state index contributed by atoms with van der Waals surface area (Å²) in [6.45, 7) is 8.82. The minimum Gasteiger partial charge on any atom is -0.492 e. The molecule has 0 amide bonds. The number of benzene rings is 1. The molecule has 0 radical (unpaired) electrons. The summed E-state index contributed by atoms with van der Waals surface area (Å²) in [6.07, 6.45) is 3.22. The Morgan fingerprint density at radius 1 is 1.20 bits per heavy atom. The number of rotatable bonds is 10. The lowest BCUT2D eigenvalue weighted by atomic mass is 10.1. The molecule has 30 heavy (non-hydrogen) atoms. The highest BCUT2D eigenvalue weighted by Gasteiger charge is 2.09. The molecule has 0 atom stereocenters. The van der Waals surface area contributed by atoms with Crippen molar-refractivity contribution < 1.29 is 4.74 Å². The molecule has 0 spiro atoms. The van der Waals surface area contributed by atoms with E-state index >= 15 is 0 Å². The molecule has 9 heteroatoms. The fourth-order valence-corrected chi connectivity index (χ4v) is 3.32. The highest BCUT2D eigenvalue weighted by atomic mass is 127. The van der Waals surface area contributed by atoms with Crippen LogP contribution in [0.1, 0.15) is 29.2 Å². The Labute approximate surface area is 202 Å². The zero-order chi connectivity index (χ0) is 21.2. The van der Waals surface area contributed by atoms with Crippen LogP contribution in [0.15, 0.2) is 23.2 Å². The van der Waals surface area contributed by atoms with Gasteiger partial charge in [0.05, 0.1) is 6.54 Å². The number of ether oxygens (including phenoxy) is 1. The standard InChI is InChI=1S/C21H34N6OS.HI/c1-16-12-17(2)14-19(13-16)28-10-9-26(4)21(22-8-7-11-29-6)23-15-20-25-24-18(3)27(20)5;/h12-14H,7-11,15H2,1-6H3,(H,22,23);1H. The first kappa shape index (κ1) is 26.5. The van der Waals surface area contributed by atoms with E-state index in [0.29, 0.717) is 13.2 Å². The van der Waals surface area contributed by atoms with E-state index in [0.717, 1.165) is 48.6 Å². The third kappa shape index (κ3) is 8.71. The normalized spacial score (nSPS) is 11.2. The van der Waals surface area contributed by atoms with Crippen LogP contribution in [0, 0.1) is 20.8 Å². The number of nitrogens with one attached hydrogen (secondary N) is 1. The van der Waals surface area contributed by atoms with Gasteiger partial charge in [0.15, 0.2) is 11.8 Å².